The Hall–Kier alpha value is -5.26. The first kappa shape index (κ1) is 30.2. The van der Waals surface area contributed by atoms with Crippen molar-refractivity contribution < 1.29 is 22.6 Å². The van der Waals surface area contributed by atoms with Crippen LogP contribution in [0.3, 0.4) is 0 Å². The molecule has 1 aromatic heterocycles. The Morgan fingerprint density at radius 1 is 0.955 bits per heavy atom. The minimum Gasteiger partial charge on any atom is -0.455 e. The number of amides is 1. The number of carbonyl (C=O) groups excluding carboxylic acids is 1. The van der Waals surface area contributed by atoms with Crippen molar-refractivity contribution in [3.8, 4) is 11.3 Å². The van der Waals surface area contributed by atoms with E-state index in [1.807, 2.05) is 6.92 Å². The number of nitro benzene ring substituents is 1. The van der Waals surface area contributed by atoms with Gasteiger partial charge in [-0.3, -0.25) is 19.2 Å². The van der Waals surface area contributed by atoms with E-state index in [-0.39, 0.29) is 28.4 Å². The number of aryl methyl sites for hydroxylation is 1. The maximum Gasteiger partial charge on any atom is 0.273 e. The third-order valence-corrected chi connectivity index (χ3v) is 8.64. The molecule has 0 unspecified atom stereocenters. The monoisotopic (exact) mass is 628 g/mol. The molecule has 44 heavy (non-hydrogen) atoms. The van der Waals surface area contributed by atoms with Crippen LogP contribution in [0.5, 0.6) is 0 Å². The average molecular weight is 629 g/mol. The summed E-state index contributed by atoms with van der Waals surface area (Å²) in [4.78, 5) is 23.8. The van der Waals surface area contributed by atoms with Gasteiger partial charge in [0.25, 0.3) is 21.6 Å². The molecule has 0 radical (unpaired) electrons. The predicted molar refractivity (Wildman–Crippen MR) is 168 cm³/mol. The molecule has 1 N–H and O–H groups in total. The van der Waals surface area contributed by atoms with Crippen LogP contribution in [0.2, 0.25) is 5.02 Å². The fraction of sp³-hybridized carbons (Fsp3) is 0.0625. The molecule has 1 heterocycles. The molecule has 1 amide bonds. The van der Waals surface area contributed by atoms with Gasteiger partial charge >= 0.3 is 0 Å². The van der Waals surface area contributed by atoms with Gasteiger partial charge in [-0.25, -0.2) is 13.8 Å². The number of halogens is 1. The van der Waals surface area contributed by atoms with Crippen molar-refractivity contribution in [2.45, 2.75) is 18.4 Å². The molecular weight excluding hydrogens is 604 g/mol. The maximum absolute atomic E-state index is 14.0. The second-order valence-electron chi connectivity index (χ2n) is 9.67. The Bertz CT molecular complexity index is 1940. The van der Waals surface area contributed by atoms with Crippen LogP contribution in [0.4, 0.5) is 11.4 Å². The van der Waals surface area contributed by atoms with Gasteiger partial charge in [-0.2, -0.15) is 5.10 Å². The van der Waals surface area contributed by atoms with Crippen molar-refractivity contribution >= 4 is 45.1 Å². The molecule has 0 bridgehead atoms. The number of hydrogen-bond donors (Lipinski definition) is 1. The fourth-order valence-corrected chi connectivity index (χ4v) is 5.91. The van der Waals surface area contributed by atoms with Gasteiger partial charge in [-0.05, 0) is 73.2 Å². The number of carbonyl (C=O) groups is 1. The Balaban J connectivity index is 1.40. The van der Waals surface area contributed by atoms with E-state index in [1.54, 1.807) is 78.9 Å². The number of para-hydroxylation sites is 1. The van der Waals surface area contributed by atoms with Crippen molar-refractivity contribution in [2.24, 2.45) is 5.10 Å². The molecule has 10 nitrogen and oxygen atoms in total. The molecule has 0 fully saturated rings. The average Bonchev–Trinajstić information content (AvgIpc) is 3.50. The van der Waals surface area contributed by atoms with Crippen LogP contribution < -0.4 is 9.73 Å². The number of furan rings is 1. The number of hydrogen-bond acceptors (Lipinski definition) is 7. The summed E-state index contributed by atoms with van der Waals surface area (Å²) >= 11 is 6.05. The zero-order chi connectivity index (χ0) is 31.3. The lowest BCUT2D eigenvalue weighted by Crippen LogP contribution is -2.33. The topological polar surface area (TPSA) is 135 Å². The zero-order valence-electron chi connectivity index (χ0n) is 23.3. The third kappa shape index (κ3) is 6.86. The highest BCUT2D eigenvalue weighted by Crippen LogP contribution is 2.30. The van der Waals surface area contributed by atoms with Crippen molar-refractivity contribution in [3.63, 3.8) is 0 Å². The Morgan fingerprint density at radius 3 is 2.32 bits per heavy atom. The van der Waals surface area contributed by atoms with Gasteiger partial charge in [-0.15, -0.1) is 0 Å². The van der Waals surface area contributed by atoms with Gasteiger partial charge in [-0.1, -0.05) is 53.6 Å². The number of hydrazone groups is 1. The highest BCUT2D eigenvalue weighted by Gasteiger charge is 2.28. The van der Waals surface area contributed by atoms with E-state index < -0.39 is 20.9 Å². The summed E-state index contributed by atoms with van der Waals surface area (Å²) in [6, 6.07) is 28.8. The van der Waals surface area contributed by atoms with Gasteiger partial charge < -0.3 is 4.42 Å². The van der Waals surface area contributed by atoms with E-state index in [4.69, 9.17) is 16.0 Å². The second-order valence-corrected chi connectivity index (χ2v) is 12.0. The molecule has 0 aliphatic carbocycles. The predicted octanol–water partition coefficient (Wildman–Crippen LogP) is 6.98. The maximum atomic E-state index is 14.0. The molecule has 0 saturated carbocycles. The van der Waals surface area contributed by atoms with E-state index in [0.29, 0.717) is 27.7 Å². The van der Waals surface area contributed by atoms with E-state index >= 15 is 0 Å². The summed E-state index contributed by atoms with van der Waals surface area (Å²) in [5.74, 6) is 0.134. The van der Waals surface area contributed by atoms with Crippen LogP contribution in [0, 0.1) is 17.0 Å². The van der Waals surface area contributed by atoms with E-state index in [0.717, 1.165) is 5.56 Å². The number of sulfonamides is 1. The van der Waals surface area contributed by atoms with Gasteiger partial charge in [0.1, 0.15) is 11.5 Å². The molecule has 222 valence electrons. The molecule has 0 atom stereocenters. The van der Waals surface area contributed by atoms with Gasteiger partial charge in [0.2, 0.25) is 0 Å². The molecule has 0 saturated heterocycles. The van der Waals surface area contributed by atoms with Crippen LogP contribution in [-0.2, 0) is 16.6 Å². The number of anilines is 1. The fourth-order valence-electron chi connectivity index (χ4n) is 4.32. The van der Waals surface area contributed by atoms with Crippen molar-refractivity contribution in [3.05, 3.63) is 147 Å². The number of benzene rings is 4. The molecule has 0 aliphatic rings. The third-order valence-electron chi connectivity index (χ3n) is 6.61. The second kappa shape index (κ2) is 12.9. The lowest BCUT2D eigenvalue weighted by molar-refractivity contribution is -0.384. The van der Waals surface area contributed by atoms with Crippen molar-refractivity contribution in [1.29, 1.82) is 0 Å². The highest BCUT2D eigenvalue weighted by atomic mass is 35.5. The summed E-state index contributed by atoms with van der Waals surface area (Å²) in [5, 5.41) is 15.4. The van der Waals surface area contributed by atoms with Crippen LogP contribution in [0.1, 0.15) is 27.2 Å². The molecule has 0 spiro atoms. The molecule has 5 rings (SSSR count). The quantitative estimate of drug-likeness (QED) is 0.101. The van der Waals surface area contributed by atoms with Crippen LogP contribution in [-0.4, -0.2) is 25.5 Å². The molecular formula is C32H25ClN4O6S. The Kier molecular flexibility index (Phi) is 8.88. The Labute approximate surface area is 258 Å². The zero-order valence-corrected chi connectivity index (χ0v) is 24.8. The first-order chi connectivity index (χ1) is 21.1. The van der Waals surface area contributed by atoms with Gasteiger partial charge in [0.15, 0.2) is 0 Å². The van der Waals surface area contributed by atoms with Crippen molar-refractivity contribution in [1.82, 2.24) is 5.43 Å². The van der Waals surface area contributed by atoms with Crippen LogP contribution >= 0.6 is 11.6 Å². The normalized spacial score (nSPS) is 11.4. The van der Waals surface area contributed by atoms with E-state index in [9.17, 15) is 23.3 Å². The van der Waals surface area contributed by atoms with Crippen molar-refractivity contribution in [2.75, 3.05) is 4.31 Å². The van der Waals surface area contributed by atoms with E-state index in [1.165, 1.54) is 40.9 Å². The number of nitrogens with one attached hydrogen (secondary N) is 1. The van der Waals surface area contributed by atoms with E-state index in [2.05, 4.69) is 10.5 Å². The lowest BCUT2D eigenvalue weighted by Gasteiger charge is -2.26. The summed E-state index contributed by atoms with van der Waals surface area (Å²) in [5.41, 5.74) is 4.84. The largest absolute Gasteiger partial charge is 0.455 e. The minimum absolute atomic E-state index is 0.0384. The summed E-state index contributed by atoms with van der Waals surface area (Å²) in [6.45, 7) is 1.81. The molecule has 12 heteroatoms. The van der Waals surface area contributed by atoms with Gasteiger partial charge in [0.05, 0.1) is 33.8 Å². The Morgan fingerprint density at radius 2 is 1.64 bits per heavy atom. The van der Waals surface area contributed by atoms with Crippen LogP contribution in [0.15, 0.2) is 124 Å². The summed E-state index contributed by atoms with van der Waals surface area (Å²) < 4.78 is 34.8. The first-order valence-corrected chi connectivity index (χ1v) is 15.0. The molecule has 4 aromatic carbocycles. The minimum atomic E-state index is -4.10. The standard InChI is InChI=1S/C32H25ClN4O6S/c1-22-6-17-28(18-7-22)44(41,42)36(21-23-8-12-25(33)13-9-23)30-5-3-2-4-29(30)32(38)35-34-20-27-16-19-31(43-27)24-10-14-26(15-11-24)37(39)40/h2-20H,21H2,1H3,(H,35,38)/b34-20-. The molecule has 5 aromatic rings. The van der Waals surface area contributed by atoms with Gasteiger partial charge in [0, 0.05) is 22.7 Å². The SMILES string of the molecule is Cc1ccc(S(=O)(=O)N(Cc2ccc(Cl)cc2)c2ccccc2C(=O)N/N=C\c2ccc(-c3ccc([N+](=O)[O-])cc3)o2)cc1. The number of nitrogens with zero attached hydrogens (tertiary/aromatic N) is 3. The number of nitro groups is 1. The summed E-state index contributed by atoms with van der Waals surface area (Å²) in [7, 11) is -4.10. The number of rotatable bonds is 10. The smallest absolute Gasteiger partial charge is 0.273 e. The first-order valence-electron chi connectivity index (χ1n) is 13.2. The highest BCUT2D eigenvalue weighted by molar-refractivity contribution is 7.92. The number of non-ortho nitro benzene ring substituents is 1. The lowest BCUT2D eigenvalue weighted by atomic mass is 10.1. The molecule has 0 aliphatic heterocycles. The van der Waals surface area contributed by atoms with Crippen LogP contribution in [0.25, 0.3) is 11.3 Å². The summed E-state index contributed by atoms with van der Waals surface area (Å²) in [6.07, 6.45) is 1.30.